The van der Waals surface area contributed by atoms with Crippen molar-refractivity contribution in [2.45, 2.75) is 18.9 Å². The molecule has 0 radical (unpaired) electrons. The summed E-state index contributed by atoms with van der Waals surface area (Å²) >= 11 is 0. The van der Waals surface area contributed by atoms with E-state index in [2.05, 4.69) is 22.2 Å². The molecule has 0 aliphatic rings. The Kier molecular flexibility index (Phi) is 6.08. The van der Waals surface area contributed by atoms with Crippen LogP contribution in [-0.2, 0) is 11.2 Å². The molecular weight excluding hydrogens is 246 g/mol. The van der Waals surface area contributed by atoms with Gasteiger partial charge in [-0.2, -0.15) is 0 Å². The molecule has 0 saturated heterocycles. The Morgan fingerprint density at radius 1 is 1.42 bits per heavy atom. The Hall–Kier alpha value is -2.37. The van der Waals surface area contributed by atoms with E-state index in [4.69, 9.17) is 5.11 Å². The molecule has 1 atom stereocenters. The Morgan fingerprint density at radius 3 is 2.68 bits per heavy atom. The quantitative estimate of drug-likeness (QED) is 0.639. The van der Waals surface area contributed by atoms with E-state index in [0.717, 1.165) is 5.56 Å². The van der Waals surface area contributed by atoms with Crippen LogP contribution in [0.15, 0.2) is 37.2 Å². The molecular formula is C13H17N3O3. The summed E-state index contributed by atoms with van der Waals surface area (Å²) in [6.45, 7) is 3.88. The van der Waals surface area contributed by atoms with Crippen LogP contribution in [-0.4, -0.2) is 34.7 Å². The zero-order valence-corrected chi connectivity index (χ0v) is 10.5. The highest BCUT2D eigenvalue weighted by molar-refractivity contribution is 5.82. The summed E-state index contributed by atoms with van der Waals surface area (Å²) in [7, 11) is 0. The lowest BCUT2D eigenvalue weighted by atomic mass is 10.2. The first kappa shape index (κ1) is 14.7. The summed E-state index contributed by atoms with van der Waals surface area (Å²) in [4.78, 5) is 26.2. The maximum absolute atomic E-state index is 11.5. The van der Waals surface area contributed by atoms with Crippen molar-refractivity contribution in [1.29, 1.82) is 0 Å². The second-order valence-electron chi connectivity index (χ2n) is 3.92. The van der Waals surface area contributed by atoms with Gasteiger partial charge >= 0.3 is 12.0 Å². The number of pyridine rings is 1. The molecule has 102 valence electrons. The molecule has 1 rings (SSSR count). The predicted octanol–water partition coefficient (Wildman–Crippen LogP) is 0.953. The number of hydrogen-bond donors (Lipinski definition) is 3. The lowest BCUT2D eigenvalue weighted by Gasteiger charge is -2.13. The maximum Gasteiger partial charge on any atom is 0.326 e. The first-order valence-corrected chi connectivity index (χ1v) is 5.90. The van der Waals surface area contributed by atoms with Crippen LogP contribution < -0.4 is 10.6 Å². The van der Waals surface area contributed by atoms with Crippen LogP contribution >= 0.6 is 0 Å². The largest absolute Gasteiger partial charge is 0.480 e. The van der Waals surface area contributed by atoms with Crippen molar-refractivity contribution in [2.24, 2.45) is 0 Å². The van der Waals surface area contributed by atoms with E-state index in [9.17, 15) is 9.59 Å². The number of hydrogen-bond acceptors (Lipinski definition) is 3. The van der Waals surface area contributed by atoms with Gasteiger partial charge in [-0.1, -0.05) is 6.08 Å². The van der Waals surface area contributed by atoms with Crippen LogP contribution in [0.25, 0.3) is 0 Å². The van der Waals surface area contributed by atoms with E-state index in [1.165, 1.54) is 6.08 Å². The molecule has 0 fully saturated rings. The number of carboxylic acid groups (broad SMARTS) is 1. The standard InChI is InChI=1S/C13H17N3O3/c1-2-3-11(12(17)18)16-13(19)15-9-6-10-4-7-14-8-5-10/h2,4-5,7-8,11H,1,3,6,9H2,(H,17,18)(H2,15,16,19). The average Bonchev–Trinajstić information content (AvgIpc) is 2.39. The van der Waals surface area contributed by atoms with E-state index >= 15 is 0 Å². The number of carboxylic acids is 1. The van der Waals surface area contributed by atoms with Gasteiger partial charge in [0, 0.05) is 18.9 Å². The molecule has 19 heavy (non-hydrogen) atoms. The number of aromatic nitrogens is 1. The third-order valence-corrected chi connectivity index (χ3v) is 2.45. The number of carbonyl (C=O) groups is 2. The molecule has 0 aliphatic carbocycles. The average molecular weight is 263 g/mol. The van der Waals surface area contributed by atoms with E-state index in [0.29, 0.717) is 13.0 Å². The van der Waals surface area contributed by atoms with Gasteiger partial charge in [0.25, 0.3) is 0 Å². The van der Waals surface area contributed by atoms with Crippen LogP contribution in [0.5, 0.6) is 0 Å². The fourth-order valence-corrected chi connectivity index (χ4v) is 1.47. The van der Waals surface area contributed by atoms with Crippen LogP contribution in [0.3, 0.4) is 0 Å². The van der Waals surface area contributed by atoms with Crippen molar-refractivity contribution in [3.8, 4) is 0 Å². The Balaban J connectivity index is 2.31. The third-order valence-electron chi connectivity index (χ3n) is 2.45. The fraction of sp³-hybridized carbons (Fsp3) is 0.308. The van der Waals surface area contributed by atoms with Gasteiger partial charge in [-0.15, -0.1) is 6.58 Å². The zero-order chi connectivity index (χ0) is 14.1. The summed E-state index contributed by atoms with van der Waals surface area (Å²) < 4.78 is 0. The van der Waals surface area contributed by atoms with Crippen LogP contribution in [0.1, 0.15) is 12.0 Å². The summed E-state index contributed by atoms with van der Waals surface area (Å²) in [5, 5.41) is 13.8. The minimum atomic E-state index is -1.08. The second-order valence-corrected chi connectivity index (χ2v) is 3.92. The number of aliphatic carboxylic acids is 1. The topological polar surface area (TPSA) is 91.3 Å². The Labute approximate surface area is 111 Å². The molecule has 0 saturated carbocycles. The molecule has 0 aliphatic heterocycles. The van der Waals surface area contributed by atoms with Gasteiger partial charge in [0.15, 0.2) is 0 Å². The van der Waals surface area contributed by atoms with Crippen LogP contribution in [0, 0.1) is 0 Å². The minimum absolute atomic E-state index is 0.188. The number of nitrogens with zero attached hydrogens (tertiary/aromatic N) is 1. The van der Waals surface area contributed by atoms with Gasteiger partial charge in [0.05, 0.1) is 0 Å². The highest BCUT2D eigenvalue weighted by Gasteiger charge is 2.17. The number of carbonyl (C=O) groups excluding carboxylic acids is 1. The number of amides is 2. The summed E-state index contributed by atoms with van der Waals surface area (Å²) in [5.41, 5.74) is 1.05. The van der Waals surface area contributed by atoms with Gasteiger partial charge in [-0.05, 0) is 30.5 Å². The molecule has 1 heterocycles. The van der Waals surface area contributed by atoms with Crippen molar-refractivity contribution in [2.75, 3.05) is 6.54 Å². The van der Waals surface area contributed by atoms with Crippen molar-refractivity contribution in [3.63, 3.8) is 0 Å². The highest BCUT2D eigenvalue weighted by atomic mass is 16.4. The number of nitrogens with one attached hydrogen (secondary N) is 2. The predicted molar refractivity (Wildman–Crippen MR) is 70.7 cm³/mol. The molecule has 1 aromatic rings. The smallest absolute Gasteiger partial charge is 0.326 e. The lowest BCUT2D eigenvalue weighted by Crippen LogP contribution is -2.46. The molecule has 1 aromatic heterocycles. The monoisotopic (exact) mass is 263 g/mol. The summed E-state index contributed by atoms with van der Waals surface area (Å²) in [6, 6.07) is 2.27. The van der Waals surface area contributed by atoms with Gasteiger partial charge in [0.2, 0.25) is 0 Å². The van der Waals surface area contributed by atoms with E-state index in [1.807, 2.05) is 12.1 Å². The third kappa shape index (κ3) is 5.67. The second kappa shape index (κ2) is 7.86. The molecule has 3 N–H and O–H groups in total. The molecule has 0 spiro atoms. The SMILES string of the molecule is C=CCC(NC(=O)NCCc1ccncc1)C(=O)O. The van der Waals surface area contributed by atoms with Gasteiger partial charge in [0.1, 0.15) is 6.04 Å². The Morgan fingerprint density at radius 2 is 2.11 bits per heavy atom. The molecule has 1 unspecified atom stereocenters. The lowest BCUT2D eigenvalue weighted by molar-refractivity contribution is -0.139. The Bertz CT molecular complexity index is 434. The summed E-state index contributed by atoms with van der Waals surface area (Å²) in [5.74, 6) is -1.08. The van der Waals surface area contributed by atoms with Crippen molar-refractivity contribution >= 4 is 12.0 Å². The number of urea groups is 1. The highest BCUT2D eigenvalue weighted by Crippen LogP contribution is 1.96. The van der Waals surface area contributed by atoms with Crippen LogP contribution in [0.4, 0.5) is 4.79 Å². The van der Waals surface area contributed by atoms with Crippen LogP contribution in [0.2, 0.25) is 0 Å². The van der Waals surface area contributed by atoms with Crippen molar-refractivity contribution in [3.05, 3.63) is 42.7 Å². The molecule has 2 amide bonds. The van der Waals surface area contributed by atoms with Gasteiger partial charge in [-0.3, -0.25) is 4.98 Å². The maximum atomic E-state index is 11.5. The van der Waals surface area contributed by atoms with Gasteiger partial charge < -0.3 is 15.7 Å². The number of rotatable bonds is 7. The normalized spacial score (nSPS) is 11.4. The van der Waals surface area contributed by atoms with E-state index < -0.39 is 18.0 Å². The zero-order valence-electron chi connectivity index (χ0n) is 10.5. The molecule has 0 aromatic carbocycles. The first-order valence-electron chi connectivity index (χ1n) is 5.90. The fourth-order valence-electron chi connectivity index (χ4n) is 1.47. The van der Waals surface area contributed by atoms with E-state index in [-0.39, 0.29) is 6.42 Å². The van der Waals surface area contributed by atoms with Crippen molar-refractivity contribution < 1.29 is 14.7 Å². The minimum Gasteiger partial charge on any atom is -0.480 e. The molecule has 6 heteroatoms. The summed E-state index contributed by atoms with van der Waals surface area (Å²) in [6.07, 6.45) is 5.66. The van der Waals surface area contributed by atoms with Crippen molar-refractivity contribution in [1.82, 2.24) is 15.6 Å². The van der Waals surface area contributed by atoms with E-state index in [1.54, 1.807) is 12.4 Å². The molecule has 0 bridgehead atoms. The first-order chi connectivity index (χ1) is 9.13. The van der Waals surface area contributed by atoms with Gasteiger partial charge in [-0.25, -0.2) is 9.59 Å². The molecule has 6 nitrogen and oxygen atoms in total.